The van der Waals surface area contributed by atoms with Gasteiger partial charge in [0.05, 0.1) is 7.11 Å². The molecule has 0 aromatic heterocycles. The van der Waals surface area contributed by atoms with Crippen LogP contribution in [0.25, 0.3) is 0 Å². The Morgan fingerprint density at radius 2 is 2.19 bits per heavy atom. The number of hydrogen-bond donors (Lipinski definition) is 1. The molecule has 0 bridgehead atoms. The van der Waals surface area contributed by atoms with Crippen molar-refractivity contribution >= 4 is 5.69 Å². The Hall–Kier alpha value is -1.22. The van der Waals surface area contributed by atoms with E-state index in [9.17, 15) is 0 Å². The Balaban J connectivity index is 1.94. The van der Waals surface area contributed by atoms with E-state index < -0.39 is 0 Å². The molecule has 0 saturated heterocycles. The minimum atomic E-state index is 0.132. The lowest BCUT2D eigenvalue weighted by Gasteiger charge is -2.21. The van der Waals surface area contributed by atoms with Crippen molar-refractivity contribution < 1.29 is 4.74 Å². The third-order valence-electron chi connectivity index (χ3n) is 3.33. The number of hydrogen-bond acceptors (Lipinski definition) is 3. The molecule has 2 rings (SSSR count). The zero-order valence-corrected chi connectivity index (χ0v) is 10.1. The summed E-state index contributed by atoms with van der Waals surface area (Å²) in [5.74, 6) is 0.901. The molecule has 0 heterocycles. The van der Waals surface area contributed by atoms with E-state index in [1.165, 1.54) is 18.5 Å². The first-order valence-electron chi connectivity index (χ1n) is 5.77. The maximum atomic E-state index is 6.08. The van der Waals surface area contributed by atoms with E-state index in [2.05, 4.69) is 24.1 Å². The molecule has 3 nitrogen and oxygen atoms in total. The quantitative estimate of drug-likeness (QED) is 0.825. The highest BCUT2D eigenvalue weighted by Crippen LogP contribution is 2.35. The number of nitrogens with two attached hydrogens (primary N) is 1. The van der Waals surface area contributed by atoms with E-state index in [4.69, 9.17) is 10.5 Å². The Morgan fingerprint density at radius 3 is 2.81 bits per heavy atom. The number of ether oxygens (including phenoxy) is 1. The fourth-order valence-electron chi connectivity index (χ4n) is 1.78. The van der Waals surface area contributed by atoms with Crippen LogP contribution in [-0.4, -0.2) is 26.2 Å². The maximum absolute atomic E-state index is 6.08. The van der Waals surface area contributed by atoms with Crippen molar-refractivity contribution in [1.82, 2.24) is 0 Å². The maximum Gasteiger partial charge on any atom is 0.120 e. The summed E-state index contributed by atoms with van der Waals surface area (Å²) in [6.45, 7) is 1.00. The Morgan fingerprint density at radius 1 is 1.44 bits per heavy atom. The van der Waals surface area contributed by atoms with Crippen LogP contribution in [0.5, 0.6) is 5.75 Å². The molecule has 1 aliphatic carbocycles. The van der Waals surface area contributed by atoms with Gasteiger partial charge in [0.25, 0.3) is 0 Å². The summed E-state index contributed by atoms with van der Waals surface area (Å²) in [5.41, 5.74) is 7.39. The van der Waals surface area contributed by atoms with Gasteiger partial charge in [0, 0.05) is 30.9 Å². The SMILES string of the molecule is COc1cccc(N(C)CCC2(N)CC2)c1. The van der Waals surface area contributed by atoms with Gasteiger partial charge in [-0.15, -0.1) is 0 Å². The average Bonchev–Trinajstić information content (AvgIpc) is 3.05. The van der Waals surface area contributed by atoms with E-state index in [0.717, 1.165) is 18.7 Å². The predicted molar refractivity (Wildman–Crippen MR) is 67.0 cm³/mol. The van der Waals surface area contributed by atoms with Crippen LogP contribution < -0.4 is 15.4 Å². The molecule has 1 aromatic rings. The monoisotopic (exact) mass is 220 g/mol. The van der Waals surface area contributed by atoms with Crippen LogP contribution in [0, 0.1) is 0 Å². The second-order valence-corrected chi connectivity index (χ2v) is 4.74. The van der Waals surface area contributed by atoms with Crippen molar-refractivity contribution in [3.05, 3.63) is 24.3 Å². The summed E-state index contributed by atoms with van der Waals surface area (Å²) < 4.78 is 5.21. The van der Waals surface area contributed by atoms with Gasteiger partial charge in [-0.05, 0) is 31.4 Å². The van der Waals surface area contributed by atoms with Crippen LogP contribution in [0.2, 0.25) is 0 Å². The minimum Gasteiger partial charge on any atom is -0.497 e. The smallest absolute Gasteiger partial charge is 0.120 e. The van der Waals surface area contributed by atoms with Gasteiger partial charge in [-0.1, -0.05) is 6.07 Å². The average molecular weight is 220 g/mol. The Bertz CT molecular complexity index is 361. The summed E-state index contributed by atoms with van der Waals surface area (Å²) in [7, 11) is 3.79. The molecule has 1 aromatic carbocycles. The second-order valence-electron chi connectivity index (χ2n) is 4.74. The molecule has 1 saturated carbocycles. The number of benzene rings is 1. The van der Waals surface area contributed by atoms with Crippen LogP contribution in [0.4, 0.5) is 5.69 Å². The predicted octanol–water partition coefficient (Wildman–Crippen LogP) is 2.01. The molecule has 0 atom stereocenters. The molecule has 0 unspecified atom stereocenters. The molecule has 0 amide bonds. The molecule has 3 heteroatoms. The van der Waals surface area contributed by atoms with Gasteiger partial charge in [0.2, 0.25) is 0 Å². The summed E-state index contributed by atoms with van der Waals surface area (Å²) in [4.78, 5) is 2.23. The summed E-state index contributed by atoms with van der Waals surface area (Å²) in [6, 6.07) is 8.12. The fourth-order valence-corrected chi connectivity index (χ4v) is 1.78. The number of anilines is 1. The molecule has 2 N–H and O–H groups in total. The van der Waals surface area contributed by atoms with Crippen molar-refractivity contribution in [3.8, 4) is 5.75 Å². The molecule has 16 heavy (non-hydrogen) atoms. The van der Waals surface area contributed by atoms with Crippen molar-refractivity contribution in [2.24, 2.45) is 5.73 Å². The van der Waals surface area contributed by atoms with E-state index in [-0.39, 0.29) is 5.54 Å². The molecule has 0 aliphatic heterocycles. The van der Waals surface area contributed by atoms with Crippen LogP contribution in [0.15, 0.2) is 24.3 Å². The van der Waals surface area contributed by atoms with Gasteiger partial charge in [0.15, 0.2) is 0 Å². The number of nitrogens with zero attached hydrogens (tertiary/aromatic N) is 1. The van der Waals surface area contributed by atoms with Crippen molar-refractivity contribution in [1.29, 1.82) is 0 Å². The molecule has 0 radical (unpaired) electrons. The van der Waals surface area contributed by atoms with E-state index in [1.807, 2.05) is 12.1 Å². The molecule has 1 aliphatic rings. The highest BCUT2D eigenvalue weighted by atomic mass is 16.5. The van der Waals surface area contributed by atoms with E-state index in [0.29, 0.717) is 0 Å². The third kappa shape index (κ3) is 2.67. The first-order chi connectivity index (χ1) is 7.63. The summed E-state index contributed by atoms with van der Waals surface area (Å²) >= 11 is 0. The van der Waals surface area contributed by atoms with Crippen molar-refractivity contribution in [2.45, 2.75) is 24.8 Å². The van der Waals surface area contributed by atoms with Crippen molar-refractivity contribution in [2.75, 3.05) is 25.6 Å². The summed E-state index contributed by atoms with van der Waals surface area (Å²) in [6.07, 6.45) is 3.43. The van der Waals surface area contributed by atoms with Gasteiger partial charge in [0.1, 0.15) is 5.75 Å². The number of rotatable bonds is 5. The van der Waals surface area contributed by atoms with Crippen LogP contribution in [-0.2, 0) is 0 Å². The lowest BCUT2D eigenvalue weighted by molar-refractivity contribution is 0.415. The highest BCUT2D eigenvalue weighted by molar-refractivity contribution is 5.50. The van der Waals surface area contributed by atoms with Crippen molar-refractivity contribution in [3.63, 3.8) is 0 Å². The summed E-state index contributed by atoms with van der Waals surface area (Å²) in [5, 5.41) is 0. The van der Waals surface area contributed by atoms with Gasteiger partial charge in [-0.2, -0.15) is 0 Å². The zero-order valence-electron chi connectivity index (χ0n) is 10.1. The Kier molecular flexibility index (Phi) is 3.06. The normalized spacial score (nSPS) is 16.9. The van der Waals surface area contributed by atoms with Crippen LogP contribution >= 0.6 is 0 Å². The largest absolute Gasteiger partial charge is 0.497 e. The first kappa shape index (κ1) is 11.3. The minimum absolute atomic E-state index is 0.132. The molecular weight excluding hydrogens is 200 g/mol. The van der Waals surface area contributed by atoms with Crippen LogP contribution in [0.3, 0.4) is 0 Å². The molecule has 88 valence electrons. The van der Waals surface area contributed by atoms with Gasteiger partial charge < -0.3 is 15.4 Å². The van der Waals surface area contributed by atoms with E-state index >= 15 is 0 Å². The van der Waals surface area contributed by atoms with Gasteiger partial charge in [-0.25, -0.2) is 0 Å². The standard InChI is InChI=1S/C13H20N2O/c1-15(9-8-13(14)6-7-13)11-4-3-5-12(10-11)16-2/h3-5,10H,6-9,14H2,1-2H3. The fraction of sp³-hybridized carbons (Fsp3) is 0.538. The lowest BCUT2D eigenvalue weighted by Crippen LogP contribution is -2.29. The van der Waals surface area contributed by atoms with Gasteiger partial charge >= 0.3 is 0 Å². The van der Waals surface area contributed by atoms with Gasteiger partial charge in [-0.3, -0.25) is 0 Å². The molecule has 1 fully saturated rings. The molecular formula is C13H20N2O. The Labute approximate surface area is 97.2 Å². The topological polar surface area (TPSA) is 38.5 Å². The number of methoxy groups -OCH3 is 1. The second kappa shape index (κ2) is 4.34. The van der Waals surface area contributed by atoms with Crippen LogP contribution in [0.1, 0.15) is 19.3 Å². The third-order valence-corrected chi connectivity index (χ3v) is 3.33. The first-order valence-corrected chi connectivity index (χ1v) is 5.77. The lowest BCUT2D eigenvalue weighted by atomic mass is 10.2. The van der Waals surface area contributed by atoms with E-state index in [1.54, 1.807) is 7.11 Å². The highest BCUT2D eigenvalue weighted by Gasteiger charge is 2.37. The zero-order chi connectivity index (χ0) is 11.6. The molecule has 0 spiro atoms.